The van der Waals surface area contributed by atoms with Gasteiger partial charge in [0.25, 0.3) is 0 Å². The molecule has 1 atom stereocenters. The molecule has 15 heavy (non-hydrogen) atoms. The average Bonchev–Trinajstić information content (AvgIpc) is 2.57. The quantitative estimate of drug-likeness (QED) is 0.883. The molecule has 1 saturated heterocycles. The third-order valence-corrected chi connectivity index (χ3v) is 5.53. The smallest absolute Gasteiger partial charge is 0.153 e. The van der Waals surface area contributed by atoms with Gasteiger partial charge in [-0.2, -0.15) is 0 Å². The fraction of sp³-hybridized carbons (Fsp3) is 0.556. The molecule has 0 saturated carbocycles. The maximum Gasteiger partial charge on any atom is 0.153 e. The summed E-state index contributed by atoms with van der Waals surface area (Å²) in [6.07, 6.45) is 0.703. The largest absolute Gasteiger partial charge is 0.388 e. The van der Waals surface area contributed by atoms with Gasteiger partial charge in [-0.15, -0.1) is 11.3 Å². The van der Waals surface area contributed by atoms with Crippen molar-refractivity contribution in [2.24, 2.45) is 0 Å². The van der Waals surface area contributed by atoms with Crippen molar-refractivity contribution in [1.29, 1.82) is 0 Å². The molecule has 0 spiro atoms. The number of aliphatic hydroxyl groups is 1. The second-order valence-corrected chi connectivity index (χ2v) is 7.93. The van der Waals surface area contributed by atoms with E-state index in [-0.39, 0.29) is 11.5 Å². The Balaban J connectivity index is 2.13. The van der Waals surface area contributed by atoms with Gasteiger partial charge in [-0.25, -0.2) is 8.42 Å². The molecular weight excluding hydrogens is 256 g/mol. The fourth-order valence-electron chi connectivity index (χ4n) is 1.81. The van der Waals surface area contributed by atoms with Gasteiger partial charge in [-0.3, -0.25) is 0 Å². The number of hydrogen-bond donors (Lipinski definition) is 1. The standard InChI is InChI=1S/C9H11ClO3S2/c10-8-2-1-7(14-8)5-9(11)3-4-15(12,13)6-9/h1-2,11H,3-6H2. The van der Waals surface area contributed by atoms with Crippen molar-refractivity contribution in [1.82, 2.24) is 0 Å². The lowest BCUT2D eigenvalue weighted by molar-refractivity contribution is 0.0690. The molecular formula is C9H11ClO3S2. The number of thiophene rings is 1. The van der Waals surface area contributed by atoms with Crippen LogP contribution in [0.4, 0.5) is 0 Å². The summed E-state index contributed by atoms with van der Waals surface area (Å²) in [5, 5.41) is 10.1. The normalized spacial score (nSPS) is 29.5. The monoisotopic (exact) mass is 266 g/mol. The van der Waals surface area contributed by atoms with Crippen LogP contribution in [0.5, 0.6) is 0 Å². The zero-order valence-electron chi connectivity index (χ0n) is 7.94. The maximum atomic E-state index is 11.3. The fourth-order valence-corrected chi connectivity index (χ4v) is 4.93. The Labute approximate surface area is 97.6 Å². The first-order chi connectivity index (χ1) is 6.89. The van der Waals surface area contributed by atoms with E-state index in [2.05, 4.69) is 0 Å². The van der Waals surface area contributed by atoms with E-state index >= 15 is 0 Å². The summed E-state index contributed by atoms with van der Waals surface area (Å²) in [6, 6.07) is 3.59. The lowest BCUT2D eigenvalue weighted by atomic mass is 9.98. The lowest BCUT2D eigenvalue weighted by Crippen LogP contribution is -2.32. The van der Waals surface area contributed by atoms with Crippen LogP contribution in [-0.2, 0) is 16.3 Å². The molecule has 1 N–H and O–H groups in total. The molecule has 1 fully saturated rings. The first-order valence-electron chi connectivity index (χ1n) is 4.56. The van der Waals surface area contributed by atoms with Crippen molar-refractivity contribution in [3.05, 3.63) is 21.3 Å². The highest BCUT2D eigenvalue weighted by atomic mass is 35.5. The van der Waals surface area contributed by atoms with E-state index in [1.54, 1.807) is 6.07 Å². The zero-order chi connectivity index (χ0) is 11.1. The van der Waals surface area contributed by atoms with E-state index in [4.69, 9.17) is 11.6 Å². The Morgan fingerprint density at radius 1 is 1.53 bits per heavy atom. The predicted molar refractivity (Wildman–Crippen MR) is 61.3 cm³/mol. The summed E-state index contributed by atoms with van der Waals surface area (Å²) in [7, 11) is -3.05. The Hall–Kier alpha value is -0.100. The number of sulfone groups is 1. The Morgan fingerprint density at radius 3 is 2.73 bits per heavy atom. The van der Waals surface area contributed by atoms with Crippen molar-refractivity contribution in [2.75, 3.05) is 11.5 Å². The highest BCUT2D eigenvalue weighted by Crippen LogP contribution is 2.31. The molecule has 1 aromatic heterocycles. The highest BCUT2D eigenvalue weighted by Gasteiger charge is 2.40. The van der Waals surface area contributed by atoms with Gasteiger partial charge in [0, 0.05) is 11.3 Å². The zero-order valence-corrected chi connectivity index (χ0v) is 10.3. The molecule has 2 rings (SSSR count). The molecule has 3 nitrogen and oxygen atoms in total. The molecule has 0 radical (unpaired) electrons. The topological polar surface area (TPSA) is 54.4 Å². The van der Waals surface area contributed by atoms with Crippen LogP contribution in [0.15, 0.2) is 12.1 Å². The van der Waals surface area contributed by atoms with E-state index in [1.165, 1.54) is 11.3 Å². The molecule has 1 aliphatic rings. The van der Waals surface area contributed by atoms with Gasteiger partial charge >= 0.3 is 0 Å². The highest BCUT2D eigenvalue weighted by molar-refractivity contribution is 7.91. The van der Waals surface area contributed by atoms with Crippen molar-refractivity contribution in [3.8, 4) is 0 Å². The van der Waals surface area contributed by atoms with Crippen molar-refractivity contribution in [3.63, 3.8) is 0 Å². The average molecular weight is 267 g/mol. The van der Waals surface area contributed by atoms with Gasteiger partial charge in [0.05, 0.1) is 21.4 Å². The second kappa shape index (κ2) is 3.73. The van der Waals surface area contributed by atoms with Crippen LogP contribution in [-0.4, -0.2) is 30.6 Å². The van der Waals surface area contributed by atoms with E-state index in [0.29, 0.717) is 17.2 Å². The summed E-state index contributed by atoms with van der Waals surface area (Å²) in [5.41, 5.74) is -1.09. The minimum absolute atomic E-state index is 0.0859. The third-order valence-electron chi connectivity index (χ3n) is 2.50. The Kier molecular flexibility index (Phi) is 2.83. The van der Waals surface area contributed by atoms with Crippen LogP contribution < -0.4 is 0 Å². The summed E-state index contributed by atoms with van der Waals surface area (Å²) in [4.78, 5) is 0.930. The SMILES string of the molecule is O=S1(=O)CCC(O)(Cc2ccc(Cl)s2)C1. The number of hydrogen-bond acceptors (Lipinski definition) is 4. The van der Waals surface area contributed by atoms with Gasteiger partial charge in [0.1, 0.15) is 0 Å². The lowest BCUT2D eigenvalue weighted by Gasteiger charge is -2.19. The van der Waals surface area contributed by atoms with E-state index in [0.717, 1.165) is 4.88 Å². The van der Waals surface area contributed by atoms with E-state index in [9.17, 15) is 13.5 Å². The summed E-state index contributed by atoms with van der Waals surface area (Å²) >= 11 is 7.15. The molecule has 0 aliphatic carbocycles. The van der Waals surface area contributed by atoms with Crippen LogP contribution in [0.3, 0.4) is 0 Å². The van der Waals surface area contributed by atoms with Gasteiger partial charge < -0.3 is 5.11 Å². The molecule has 2 heterocycles. The van der Waals surface area contributed by atoms with Gasteiger partial charge in [-0.1, -0.05) is 11.6 Å². The Morgan fingerprint density at radius 2 is 2.27 bits per heavy atom. The summed E-state index contributed by atoms with van der Waals surface area (Å²) < 4.78 is 23.2. The van der Waals surface area contributed by atoms with Crippen molar-refractivity contribution < 1.29 is 13.5 Å². The van der Waals surface area contributed by atoms with Crippen molar-refractivity contribution in [2.45, 2.75) is 18.4 Å². The third kappa shape index (κ3) is 2.72. The Bertz CT molecular complexity index is 465. The molecule has 1 aliphatic heterocycles. The molecule has 0 aromatic carbocycles. The van der Waals surface area contributed by atoms with Crippen LogP contribution in [0.25, 0.3) is 0 Å². The number of halogens is 1. The van der Waals surface area contributed by atoms with Gasteiger partial charge in [0.2, 0.25) is 0 Å². The molecule has 0 bridgehead atoms. The predicted octanol–water partition coefficient (Wildman–Crippen LogP) is 1.49. The minimum Gasteiger partial charge on any atom is -0.388 e. The first-order valence-corrected chi connectivity index (χ1v) is 7.57. The van der Waals surface area contributed by atoms with E-state index < -0.39 is 15.4 Å². The van der Waals surface area contributed by atoms with E-state index in [1.807, 2.05) is 6.07 Å². The molecule has 1 aromatic rings. The second-order valence-electron chi connectivity index (χ2n) is 3.95. The maximum absolute atomic E-state index is 11.3. The van der Waals surface area contributed by atoms with Crippen LogP contribution >= 0.6 is 22.9 Å². The summed E-state index contributed by atoms with van der Waals surface area (Å²) in [5.74, 6) is -0.0435. The molecule has 0 amide bonds. The first kappa shape index (κ1) is 11.4. The van der Waals surface area contributed by atoms with Crippen LogP contribution in [0.1, 0.15) is 11.3 Å². The number of rotatable bonds is 2. The molecule has 6 heteroatoms. The molecule has 84 valence electrons. The molecule has 1 unspecified atom stereocenters. The summed E-state index contributed by atoms with van der Waals surface area (Å²) in [6.45, 7) is 0. The minimum atomic E-state index is -3.05. The van der Waals surface area contributed by atoms with Gasteiger partial charge in [-0.05, 0) is 18.6 Å². The van der Waals surface area contributed by atoms with Crippen LogP contribution in [0.2, 0.25) is 4.34 Å². The van der Waals surface area contributed by atoms with Gasteiger partial charge in [0.15, 0.2) is 9.84 Å². The van der Waals surface area contributed by atoms with Crippen LogP contribution in [0, 0.1) is 0 Å². The van der Waals surface area contributed by atoms with Crippen molar-refractivity contribution >= 4 is 32.8 Å².